The van der Waals surface area contributed by atoms with Crippen LogP contribution in [0.3, 0.4) is 0 Å². The van der Waals surface area contributed by atoms with Gasteiger partial charge in [0, 0.05) is 32.4 Å². The molecule has 0 saturated carbocycles. The Morgan fingerprint density at radius 3 is 2.48 bits per heavy atom. The van der Waals surface area contributed by atoms with E-state index in [1.165, 1.54) is 0 Å². The molecule has 2 rings (SSSR count). The molecule has 25 heavy (non-hydrogen) atoms. The van der Waals surface area contributed by atoms with E-state index < -0.39 is 11.7 Å². The molecule has 1 aromatic carbocycles. The van der Waals surface area contributed by atoms with Crippen LogP contribution in [0.5, 0.6) is 0 Å². The normalized spacial score (nSPS) is 11.4. The maximum Gasteiger partial charge on any atom is 0.407 e. The van der Waals surface area contributed by atoms with Crippen molar-refractivity contribution in [1.29, 1.82) is 0 Å². The Morgan fingerprint density at radius 1 is 1.16 bits per heavy atom. The van der Waals surface area contributed by atoms with Crippen LogP contribution >= 0.6 is 0 Å². The van der Waals surface area contributed by atoms with Crippen molar-refractivity contribution in [3.8, 4) is 0 Å². The van der Waals surface area contributed by atoms with E-state index in [2.05, 4.69) is 33.2 Å². The summed E-state index contributed by atoms with van der Waals surface area (Å²) in [7, 11) is 0. The summed E-state index contributed by atoms with van der Waals surface area (Å²) in [4.78, 5) is 16.0. The number of aromatic nitrogens is 2. The van der Waals surface area contributed by atoms with E-state index in [9.17, 15) is 4.79 Å². The molecule has 2 aromatic rings. The standard InChI is InChI=1S/C19H28N4O2/c1-5-23-14-21-13-17(23)12-20-10-15-8-6-7-9-16(15)11-22-18(24)25-19(2,3)4/h6-9,13-14,20H,5,10-12H2,1-4H3,(H,22,24). The van der Waals surface area contributed by atoms with E-state index in [1.54, 1.807) is 0 Å². The first kappa shape index (κ1) is 19.0. The molecule has 136 valence electrons. The van der Waals surface area contributed by atoms with Gasteiger partial charge in [-0.15, -0.1) is 0 Å². The summed E-state index contributed by atoms with van der Waals surface area (Å²) in [5, 5.41) is 6.26. The van der Waals surface area contributed by atoms with Crippen LogP contribution in [0.4, 0.5) is 4.79 Å². The first-order valence-corrected chi connectivity index (χ1v) is 8.62. The van der Waals surface area contributed by atoms with Crippen molar-refractivity contribution in [3.05, 3.63) is 53.6 Å². The van der Waals surface area contributed by atoms with Gasteiger partial charge in [-0.05, 0) is 38.8 Å². The zero-order valence-electron chi connectivity index (χ0n) is 15.5. The first-order valence-electron chi connectivity index (χ1n) is 8.62. The number of hydrogen-bond donors (Lipinski definition) is 2. The minimum atomic E-state index is -0.493. The summed E-state index contributed by atoms with van der Waals surface area (Å²) in [5.74, 6) is 0. The van der Waals surface area contributed by atoms with Crippen molar-refractivity contribution >= 4 is 6.09 Å². The molecule has 0 aliphatic carbocycles. The monoisotopic (exact) mass is 344 g/mol. The summed E-state index contributed by atoms with van der Waals surface area (Å²) >= 11 is 0. The maximum atomic E-state index is 11.8. The van der Waals surface area contributed by atoms with E-state index >= 15 is 0 Å². The summed E-state index contributed by atoms with van der Waals surface area (Å²) in [6, 6.07) is 8.06. The van der Waals surface area contributed by atoms with Gasteiger partial charge >= 0.3 is 6.09 Å². The number of imidazole rings is 1. The Balaban J connectivity index is 1.88. The minimum Gasteiger partial charge on any atom is -0.444 e. The van der Waals surface area contributed by atoms with Crippen LogP contribution in [0.15, 0.2) is 36.8 Å². The van der Waals surface area contributed by atoms with Crippen LogP contribution in [-0.2, 0) is 30.9 Å². The van der Waals surface area contributed by atoms with Crippen molar-refractivity contribution in [2.75, 3.05) is 0 Å². The highest BCUT2D eigenvalue weighted by Gasteiger charge is 2.16. The lowest BCUT2D eigenvalue weighted by molar-refractivity contribution is 0.0523. The number of carbonyl (C=O) groups is 1. The zero-order chi connectivity index (χ0) is 18.3. The number of nitrogens with zero attached hydrogens (tertiary/aromatic N) is 2. The molecule has 6 heteroatoms. The highest BCUT2D eigenvalue weighted by Crippen LogP contribution is 2.11. The van der Waals surface area contributed by atoms with E-state index in [-0.39, 0.29) is 0 Å². The van der Waals surface area contributed by atoms with Gasteiger partial charge in [-0.1, -0.05) is 24.3 Å². The summed E-state index contributed by atoms with van der Waals surface area (Å²) in [5.41, 5.74) is 2.89. The lowest BCUT2D eigenvalue weighted by atomic mass is 10.1. The fraction of sp³-hybridized carbons (Fsp3) is 0.474. The van der Waals surface area contributed by atoms with Crippen LogP contribution in [-0.4, -0.2) is 21.2 Å². The fourth-order valence-corrected chi connectivity index (χ4v) is 2.49. The third kappa shape index (κ3) is 6.23. The number of benzene rings is 1. The van der Waals surface area contributed by atoms with Crippen LogP contribution in [0.2, 0.25) is 0 Å². The molecule has 0 aliphatic rings. The lowest BCUT2D eigenvalue weighted by Gasteiger charge is -2.20. The number of nitrogens with one attached hydrogen (secondary N) is 2. The van der Waals surface area contributed by atoms with E-state index in [0.29, 0.717) is 6.54 Å². The molecule has 0 fully saturated rings. The Bertz CT molecular complexity index is 689. The molecule has 0 saturated heterocycles. The molecule has 1 amide bonds. The van der Waals surface area contributed by atoms with Crippen LogP contribution in [0, 0.1) is 0 Å². The zero-order valence-corrected chi connectivity index (χ0v) is 15.5. The van der Waals surface area contributed by atoms with Crippen molar-refractivity contribution in [2.24, 2.45) is 0 Å². The van der Waals surface area contributed by atoms with Crippen molar-refractivity contribution in [1.82, 2.24) is 20.2 Å². The van der Waals surface area contributed by atoms with Crippen molar-refractivity contribution in [2.45, 2.75) is 59.5 Å². The Labute approximate surface area is 149 Å². The predicted molar refractivity (Wildman–Crippen MR) is 98.0 cm³/mol. The Hall–Kier alpha value is -2.34. The number of rotatable bonds is 7. The molecule has 1 aromatic heterocycles. The van der Waals surface area contributed by atoms with Crippen LogP contribution in [0.25, 0.3) is 0 Å². The second-order valence-electron chi connectivity index (χ2n) is 6.90. The molecule has 1 heterocycles. The van der Waals surface area contributed by atoms with E-state index in [0.717, 1.165) is 36.5 Å². The highest BCUT2D eigenvalue weighted by molar-refractivity contribution is 5.67. The molecule has 0 aliphatic heterocycles. The van der Waals surface area contributed by atoms with Gasteiger partial charge in [0.25, 0.3) is 0 Å². The molecule has 6 nitrogen and oxygen atoms in total. The lowest BCUT2D eigenvalue weighted by Crippen LogP contribution is -2.32. The average Bonchev–Trinajstić information content (AvgIpc) is 3.00. The highest BCUT2D eigenvalue weighted by atomic mass is 16.6. The molecule has 0 radical (unpaired) electrons. The Kier molecular flexibility index (Phi) is 6.58. The van der Waals surface area contributed by atoms with Gasteiger partial charge in [0.2, 0.25) is 0 Å². The second-order valence-corrected chi connectivity index (χ2v) is 6.90. The number of hydrogen-bond acceptors (Lipinski definition) is 4. The predicted octanol–water partition coefficient (Wildman–Crippen LogP) is 3.22. The Morgan fingerprint density at radius 2 is 1.84 bits per heavy atom. The van der Waals surface area contributed by atoms with Gasteiger partial charge in [0.05, 0.1) is 12.0 Å². The topological polar surface area (TPSA) is 68.2 Å². The SMILES string of the molecule is CCn1cncc1CNCc1ccccc1CNC(=O)OC(C)(C)C. The average molecular weight is 344 g/mol. The quantitative estimate of drug-likeness (QED) is 0.809. The third-order valence-electron chi connectivity index (χ3n) is 3.70. The second kappa shape index (κ2) is 8.67. The number of carbonyl (C=O) groups excluding carboxylic acids is 1. The summed E-state index contributed by atoms with van der Waals surface area (Å²) in [6.45, 7) is 10.5. The first-order chi connectivity index (χ1) is 11.9. The minimum absolute atomic E-state index is 0.401. The smallest absolute Gasteiger partial charge is 0.407 e. The number of aryl methyl sites for hydroxylation is 1. The molecule has 0 atom stereocenters. The van der Waals surface area contributed by atoms with Crippen molar-refractivity contribution < 1.29 is 9.53 Å². The fourth-order valence-electron chi connectivity index (χ4n) is 2.49. The third-order valence-corrected chi connectivity index (χ3v) is 3.70. The summed E-state index contributed by atoms with van der Waals surface area (Å²) < 4.78 is 7.39. The molecular formula is C19H28N4O2. The van der Waals surface area contributed by atoms with Crippen molar-refractivity contribution in [3.63, 3.8) is 0 Å². The van der Waals surface area contributed by atoms with Gasteiger partial charge < -0.3 is 19.9 Å². The molecular weight excluding hydrogens is 316 g/mol. The van der Waals surface area contributed by atoms with Gasteiger partial charge in [-0.25, -0.2) is 9.78 Å². The van der Waals surface area contributed by atoms with Crippen LogP contribution in [0.1, 0.15) is 44.5 Å². The number of ether oxygens (including phenoxy) is 1. The molecule has 0 bridgehead atoms. The van der Waals surface area contributed by atoms with Gasteiger partial charge in [-0.3, -0.25) is 0 Å². The molecule has 0 unspecified atom stereocenters. The van der Waals surface area contributed by atoms with E-state index in [1.807, 2.05) is 51.5 Å². The number of amides is 1. The van der Waals surface area contributed by atoms with Gasteiger partial charge in [0.1, 0.15) is 5.60 Å². The molecule has 0 spiro atoms. The maximum absolute atomic E-state index is 11.8. The summed E-state index contributed by atoms with van der Waals surface area (Å²) in [6.07, 6.45) is 3.32. The molecule has 2 N–H and O–H groups in total. The van der Waals surface area contributed by atoms with E-state index in [4.69, 9.17) is 4.74 Å². The van der Waals surface area contributed by atoms with Gasteiger partial charge in [0.15, 0.2) is 0 Å². The van der Waals surface area contributed by atoms with Crippen LogP contribution < -0.4 is 10.6 Å². The number of alkyl carbamates (subject to hydrolysis) is 1. The largest absolute Gasteiger partial charge is 0.444 e. The van der Waals surface area contributed by atoms with Gasteiger partial charge in [-0.2, -0.15) is 0 Å².